The third kappa shape index (κ3) is 3.40. The largest absolute Gasteiger partial charge is 0.480 e. The molecule has 1 aliphatic heterocycles. The smallest absolute Gasteiger partial charge is 0.317 e. The molecular weight excluding hydrogens is 314 g/mol. The number of rotatable bonds is 5. The first-order valence-electron chi connectivity index (χ1n) is 6.50. The Kier molecular flexibility index (Phi) is 4.74. The summed E-state index contributed by atoms with van der Waals surface area (Å²) in [5.41, 5.74) is -0.463. The Bertz CT molecular complexity index is 682. The zero-order chi connectivity index (χ0) is 16.3. The van der Waals surface area contributed by atoms with Crippen LogP contribution in [0.25, 0.3) is 0 Å². The van der Waals surface area contributed by atoms with E-state index >= 15 is 0 Å². The van der Waals surface area contributed by atoms with Crippen molar-refractivity contribution in [3.63, 3.8) is 0 Å². The lowest BCUT2D eigenvalue weighted by atomic mass is 10.3. The van der Waals surface area contributed by atoms with Crippen molar-refractivity contribution in [3.8, 4) is 0 Å². The van der Waals surface area contributed by atoms with Crippen molar-refractivity contribution in [3.05, 3.63) is 34.4 Å². The van der Waals surface area contributed by atoms with Crippen molar-refractivity contribution in [2.75, 3.05) is 32.7 Å². The molecule has 2 rings (SSSR count). The molecule has 0 bridgehead atoms. The third-order valence-electron chi connectivity index (χ3n) is 3.37. The van der Waals surface area contributed by atoms with Crippen molar-refractivity contribution in [1.82, 2.24) is 9.21 Å². The Morgan fingerprint density at radius 2 is 1.82 bits per heavy atom. The quantitative estimate of drug-likeness (QED) is 0.595. The molecular formula is C12H15N3O6S. The molecule has 1 heterocycles. The lowest BCUT2D eigenvalue weighted by Crippen LogP contribution is -2.49. The van der Waals surface area contributed by atoms with E-state index in [-0.39, 0.29) is 37.6 Å². The van der Waals surface area contributed by atoms with Gasteiger partial charge in [0.05, 0.1) is 11.5 Å². The molecule has 0 saturated carbocycles. The molecule has 0 spiro atoms. The summed E-state index contributed by atoms with van der Waals surface area (Å²) >= 11 is 0. The lowest BCUT2D eigenvalue weighted by molar-refractivity contribution is -0.387. The number of nitro groups is 1. The molecule has 0 aliphatic carbocycles. The summed E-state index contributed by atoms with van der Waals surface area (Å²) in [5, 5.41) is 19.7. The SMILES string of the molecule is O=C(O)CN1CCN(S(=O)(=O)c2ccccc2[N+](=O)[O-])CC1. The van der Waals surface area contributed by atoms with Crippen LogP contribution in [0.5, 0.6) is 0 Å². The Balaban J connectivity index is 2.19. The number of piperazine rings is 1. The van der Waals surface area contributed by atoms with Gasteiger partial charge in [0.1, 0.15) is 0 Å². The maximum absolute atomic E-state index is 12.5. The highest BCUT2D eigenvalue weighted by molar-refractivity contribution is 7.89. The van der Waals surface area contributed by atoms with Crippen LogP contribution in [0.4, 0.5) is 5.69 Å². The first kappa shape index (κ1) is 16.3. The maximum atomic E-state index is 12.5. The highest BCUT2D eigenvalue weighted by Gasteiger charge is 2.33. The zero-order valence-corrected chi connectivity index (χ0v) is 12.4. The lowest BCUT2D eigenvalue weighted by Gasteiger charge is -2.32. The number of para-hydroxylation sites is 1. The van der Waals surface area contributed by atoms with Gasteiger partial charge < -0.3 is 5.11 Å². The van der Waals surface area contributed by atoms with E-state index in [0.29, 0.717) is 0 Å². The Morgan fingerprint density at radius 1 is 1.23 bits per heavy atom. The van der Waals surface area contributed by atoms with Crippen LogP contribution in [0.15, 0.2) is 29.2 Å². The highest BCUT2D eigenvalue weighted by atomic mass is 32.2. The van der Waals surface area contributed by atoms with Gasteiger partial charge in [-0.3, -0.25) is 19.8 Å². The maximum Gasteiger partial charge on any atom is 0.317 e. The second-order valence-corrected chi connectivity index (χ2v) is 6.71. The summed E-state index contributed by atoms with van der Waals surface area (Å²) in [5.74, 6) is -0.977. The molecule has 1 fully saturated rings. The number of carboxylic acid groups (broad SMARTS) is 1. The number of nitro benzene ring substituents is 1. The van der Waals surface area contributed by atoms with Crippen molar-refractivity contribution in [1.29, 1.82) is 0 Å². The van der Waals surface area contributed by atoms with E-state index in [0.717, 1.165) is 10.4 Å². The normalized spacial score (nSPS) is 17.3. The molecule has 9 nitrogen and oxygen atoms in total. The second-order valence-electron chi connectivity index (χ2n) is 4.80. The van der Waals surface area contributed by atoms with E-state index < -0.39 is 26.6 Å². The third-order valence-corrected chi connectivity index (χ3v) is 5.32. The van der Waals surface area contributed by atoms with E-state index in [2.05, 4.69) is 0 Å². The molecule has 0 radical (unpaired) electrons. The predicted octanol–water partition coefficient (Wildman–Crippen LogP) is -0.0143. The van der Waals surface area contributed by atoms with Crippen LogP contribution >= 0.6 is 0 Å². The van der Waals surface area contributed by atoms with E-state index in [1.807, 2.05) is 0 Å². The summed E-state index contributed by atoms with van der Waals surface area (Å²) in [7, 11) is -3.97. The predicted molar refractivity (Wildman–Crippen MR) is 75.9 cm³/mol. The fraction of sp³-hybridized carbons (Fsp3) is 0.417. The van der Waals surface area contributed by atoms with E-state index in [1.54, 1.807) is 4.90 Å². The molecule has 0 amide bonds. The summed E-state index contributed by atoms with van der Waals surface area (Å²) < 4.78 is 26.2. The number of hydrogen-bond donors (Lipinski definition) is 1. The van der Waals surface area contributed by atoms with Crippen LogP contribution in [0, 0.1) is 10.1 Å². The molecule has 1 aromatic carbocycles. The fourth-order valence-electron chi connectivity index (χ4n) is 2.28. The highest BCUT2D eigenvalue weighted by Crippen LogP contribution is 2.26. The van der Waals surface area contributed by atoms with Crippen LogP contribution in [-0.2, 0) is 14.8 Å². The molecule has 0 unspecified atom stereocenters. The van der Waals surface area contributed by atoms with Crippen molar-refractivity contribution < 1.29 is 23.2 Å². The molecule has 1 aliphatic rings. The van der Waals surface area contributed by atoms with Gasteiger partial charge in [-0.15, -0.1) is 0 Å². The van der Waals surface area contributed by atoms with Crippen molar-refractivity contribution in [2.45, 2.75) is 4.90 Å². The van der Waals surface area contributed by atoms with Gasteiger partial charge in [-0.1, -0.05) is 12.1 Å². The molecule has 1 saturated heterocycles. The van der Waals surface area contributed by atoms with Crippen LogP contribution in [0.1, 0.15) is 0 Å². The van der Waals surface area contributed by atoms with Crippen LogP contribution in [0.3, 0.4) is 0 Å². The second kappa shape index (κ2) is 6.38. The molecule has 120 valence electrons. The Labute approximate surface area is 127 Å². The van der Waals surface area contributed by atoms with E-state index in [1.165, 1.54) is 18.2 Å². The molecule has 0 aromatic heterocycles. The number of nitrogens with zero attached hydrogens (tertiary/aromatic N) is 3. The van der Waals surface area contributed by atoms with Gasteiger partial charge in [0.25, 0.3) is 5.69 Å². The van der Waals surface area contributed by atoms with E-state index in [9.17, 15) is 23.3 Å². The monoisotopic (exact) mass is 329 g/mol. The molecule has 22 heavy (non-hydrogen) atoms. The van der Waals surface area contributed by atoms with Gasteiger partial charge in [-0.25, -0.2) is 8.42 Å². The number of hydrogen-bond acceptors (Lipinski definition) is 6. The Hall–Kier alpha value is -2.04. The minimum atomic E-state index is -3.97. The molecule has 1 aromatic rings. The average Bonchev–Trinajstić information content (AvgIpc) is 2.47. The van der Waals surface area contributed by atoms with Crippen molar-refractivity contribution in [2.24, 2.45) is 0 Å². The summed E-state index contributed by atoms with van der Waals surface area (Å²) in [6.07, 6.45) is 0. The number of benzene rings is 1. The van der Waals surface area contributed by atoms with Gasteiger partial charge in [-0.05, 0) is 6.07 Å². The van der Waals surface area contributed by atoms with Gasteiger partial charge in [0, 0.05) is 32.2 Å². The minimum absolute atomic E-state index is 0.0989. The van der Waals surface area contributed by atoms with Crippen molar-refractivity contribution >= 4 is 21.7 Å². The molecule has 0 atom stereocenters. The zero-order valence-electron chi connectivity index (χ0n) is 11.6. The number of carbonyl (C=O) groups is 1. The van der Waals surface area contributed by atoms with Gasteiger partial charge in [0.15, 0.2) is 4.90 Å². The standard InChI is InChI=1S/C12H15N3O6S/c16-12(17)9-13-5-7-14(8-6-13)22(20,21)11-4-2-1-3-10(11)15(18)19/h1-4H,5-9H2,(H,16,17). The van der Waals surface area contributed by atoms with Gasteiger partial charge in [0.2, 0.25) is 10.0 Å². The summed E-state index contributed by atoms with van der Waals surface area (Å²) in [4.78, 5) is 22.2. The topological polar surface area (TPSA) is 121 Å². The van der Waals surface area contributed by atoms with Crippen LogP contribution in [-0.4, -0.2) is 66.3 Å². The summed E-state index contributed by atoms with van der Waals surface area (Å²) in [6, 6.07) is 5.19. The average molecular weight is 329 g/mol. The van der Waals surface area contributed by atoms with E-state index in [4.69, 9.17) is 5.11 Å². The van der Waals surface area contributed by atoms with Gasteiger partial charge in [-0.2, -0.15) is 4.31 Å². The first-order valence-corrected chi connectivity index (χ1v) is 7.94. The number of carboxylic acids is 1. The number of aliphatic carboxylic acids is 1. The molecule has 1 N–H and O–H groups in total. The van der Waals surface area contributed by atoms with Crippen LogP contribution < -0.4 is 0 Å². The number of sulfonamides is 1. The minimum Gasteiger partial charge on any atom is -0.480 e. The van der Waals surface area contributed by atoms with Gasteiger partial charge >= 0.3 is 5.97 Å². The summed E-state index contributed by atoms with van der Waals surface area (Å²) in [6.45, 7) is 0.584. The first-order chi connectivity index (χ1) is 10.3. The Morgan fingerprint density at radius 3 is 2.36 bits per heavy atom. The fourth-order valence-corrected chi connectivity index (χ4v) is 3.86. The molecule has 10 heteroatoms. The van der Waals surface area contributed by atoms with Crippen LogP contribution in [0.2, 0.25) is 0 Å².